The molecule has 2 heteroatoms. The number of unbranched alkanes of at least 4 members (excludes halogenated alkanes) is 1. The summed E-state index contributed by atoms with van der Waals surface area (Å²) in [6.07, 6.45) is 14.3. The van der Waals surface area contributed by atoms with Gasteiger partial charge in [0.05, 0.1) is 0 Å². The maximum absolute atomic E-state index is 3.63. The second kappa shape index (κ2) is 43.0. The Kier molecular flexibility index (Phi) is 96.7. The topological polar surface area (TPSA) is 12.0 Å². The third-order valence-electron chi connectivity index (χ3n) is 1.60. The normalized spacial score (nSPS) is 8.47. The molecule has 1 N–H and O–H groups in total. The summed E-state index contributed by atoms with van der Waals surface area (Å²) < 4.78 is 0. The summed E-state index contributed by atoms with van der Waals surface area (Å²) in [4.78, 5) is 0. The van der Waals surface area contributed by atoms with Crippen LogP contribution in [0.4, 0.5) is 0 Å². The minimum absolute atomic E-state index is 0. The van der Waals surface area contributed by atoms with Crippen LogP contribution < -0.4 is 5.32 Å². The van der Waals surface area contributed by atoms with Gasteiger partial charge in [0.2, 0.25) is 0 Å². The average molecular weight is 432 g/mol. The minimum atomic E-state index is 0. The Morgan fingerprint density at radius 1 is 1.21 bits per heavy atom. The van der Waals surface area contributed by atoms with Crippen LogP contribution in [-0.4, -0.2) is 13.1 Å². The van der Waals surface area contributed by atoms with Crippen molar-refractivity contribution in [3.05, 3.63) is 74.1 Å². The van der Waals surface area contributed by atoms with E-state index in [0.29, 0.717) is 0 Å². The number of hydrogen-bond donors (Lipinski definition) is 1. The van der Waals surface area contributed by atoms with Crippen LogP contribution in [0, 0.1) is 43.2 Å². The molecule has 0 atom stereocenters. The molecular formula is C17H35HfN-6. The molecule has 0 radical (unpaired) electrons. The fourth-order valence-electron chi connectivity index (χ4n) is 0.888. The Hall–Kier alpha value is 0.0501. The third-order valence-corrected chi connectivity index (χ3v) is 1.60. The Bertz CT molecular complexity index is 153. The SMILES string of the molecule is C=CCCCNCC.[C-]1=CC=CC1.[CH3-].[CH3-].[CH3-].[CH3-].[CH3-].[Hf]. The van der Waals surface area contributed by atoms with E-state index in [1.165, 1.54) is 6.42 Å². The van der Waals surface area contributed by atoms with Gasteiger partial charge in [-0.1, -0.05) is 13.0 Å². The van der Waals surface area contributed by atoms with Gasteiger partial charge in [0.25, 0.3) is 0 Å². The number of allylic oxidation sites excluding steroid dienone is 5. The van der Waals surface area contributed by atoms with E-state index in [1.54, 1.807) is 0 Å². The summed E-state index contributed by atoms with van der Waals surface area (Å²) in [6, 6.07) is 0. The van der Waals surface area contributed by atoms with Crippen molar-refractivity contribution < 1.29 is 25.8 Å². The van der Waals surface area contributed by atoms with Gasteiger partial charge in [-0.15, -0.1) is 13.0 Å². The smallest absolute Gasteiger partial charge is 0 e. The standard InChI is InChI=1S/C7H15N.C5H5.5CH3.Hf/c1-3-5-6-7-8-4-2;1-2-4-5-3-1;;;;;;/h3,8H,1,4-7H2,2H3;1-3H,4H2;5*1H3;/q;6*-1;. The van der Waals surface area contributed by atoms with Gasteiger partial charge in [0.15, 0.2) is 0 Å². The first-order valence-electron chi connectivity index (χ1n) is 4.95. The maximum Gasteiger partial charge on any atom is 0 e. The van der Waals surface area contributed by atoms with Gasteiger partial charge < -0.3 is 42.5 Å². The molecule has 0 aromatic rings. The van der Waals surface area contributed by atoms with E-state index in [0.717, 1.165) is 25.9 Å². The van der Waals surface area contributed by atoms with Gasteiger partial charge in [-0.2, -0.15) is 6.08 Å². The predicted octanol–water partition coefficient (Wildman–Crippen LogP) is 5.12. The first-order chi connectivity index (χ1) is 6.41. The second-order valence-electron chi connectivity index (χ2n) is 2.79. The summed E-state index contributed by atoms with van der Waals surface area (Å²) in [5, 5.41) is 3.24. The Morgan fingerprint density at radius 2 is 1.79 bits per heavy atom. The monoisotopic (exact) mass is 433 g/mol. The number of rotatable bonds is 5. The van der Waals surface area contributed by atoms with Gasteiger partial charge in [0, 0.05) is 25.8 Å². The van der Waals surface area contributed by atoms with Gasteiger partial charge in [-0.3, -0.25) is 6.08 Å². The van der Waals surface area contributed by atoms with Crippen molar-refractivity contribution >= 4 is 0 Å². The number of nitrogens with one attached hydrogen (secondary N) is 1. The summed E-state index contributed by atoms with van der Waals surface area (Å²) in [6.45, 7) is 7.96. The molecule has 0 bridgehead atoms. The van der Waals surface area contributed by atoms with E-state index < -0.39 is 0 Å². The summed E-state index contributed by atoms with van der Waals surface area (Å²) in [7, 11) is 0. The van der Waals surface area contributed by atoms with Gasteiger partial charge in [-0.25, -0.2) is 12.2 Å². The van der Waals surface area contributed by atoms with E-state index in [4.69, 9.17) is 0 Å². The first kappa shape index (κ1) is 42.7. The predicted molar refractivity (Wildman–Crippen MR) is 91.6 cm³/mol. The van der Waals surface area contributed by atoms with Crippen LogP contribution in [0.2, 0.25) is 0 Å². The fraction of sp³-hybridized carbons (Fsp3) is 0.353. The zero-order valence-corrected chi connectivity index (χ0v) is 17.6. The van der Waals surface area contributed by atoms with Crippen molar-refractivity contribution in [3.63, 3.8) is 0 Å². The molecule has 0 fully saturated rings. The molecule has 0 spiro atoms. The first-order valence-corrected chi connectivity index (χ1v) is 4.95. The maximum atomic E-state index is 3.63. The molecule has 0 aromatic heterocycles. The van der Waals surface area contributed by atoms with Crippen LogP contribution in [0.3, 0.4) is 0 Å². The molecule has 0 unspecified atom stereocenters. The van der Waals surface area contributed by atoms with Crippen LogP contribution in [0.1, 0.15) is 26.2 Å². The molecule has 0 saturated heterocycles. The van der Waals surface area contributed by atoms with Crippen LogP contribution in [0.5, 0.6) is 0 Å². The molecular weight excluding hydrogens is 397 g/mol. The van der Waals surface area contributed by atoms with Crippen molar-refractivity contribution in [2.24, 2.45) is 0 Å². The van der Waals surface area contributed by atoms with Crippen LogP contribution >= 0.6 is 0 Å². The quantitative estimate of drug-likeness (QED) is 0.276. The summed E-state index contributed by atoms with van der Waals surface area (Å²) in [5.41, 5.74) is 0. The van der Waals surface area contributed by atoms with Gasteiger partial charge in [0.1, 0.15) is 0 Å². The van der Waals surface area contributed by atoms with Gasteiger partial charge >= 0.3 is 0 Å². The van der Waals surface area contributed by atoms with E-state index in [2.05, 4.69) is 31.0 Å². The molecule has 0 amide bonds. The van der Waals surface area contributed by atoms with Crippen LogP contribution in [-0.2, 0) is 25.8 Å². The molecule has 0 aromatic carbocycles. The fourth-order valence-corrected chi connectivity index (χ4v) is 0.888. The van der Waals surface area contributed by atoms with Gasteiger partial charge in [-0.05, 0) is 25.9 Å². The largest absolute Gasteiger partial charge is 0.358 e. The van der Waals surface area contributed by atoms with Crippen LogP contribution in [0.25, 0.3) is 0 Å². The Labute approximate surface area is 144 Å². The Morgan fingerprint density at radius 3 is 2.05 bits per heavy atom. The van der Waals surface area contributed by atoms with Crippen molar-refractivity contribution in [3.8, 4) is 0 Å². The summed E-state index contributed by atoms with van der Waals surface area (Å²) >= 11 is 0. The molecule has 0 aliphatic heterocycles. The van der Waals surface area contributed by atoms with E-state index in [-0.39, 0.29) is 63.0 Å². The second-order valence-corrected chi connectivity index (χ2v) is 2.79. The molecule has 1 nitrogen and oxygen atoms in total. The van der Waals surface area contributed by atoms with E-state index in [1.807, 2.05) is 18.2 Å². The minimum Gasteiger partial charge on any atom is -0.358 e. The third kappa shape index (κ3) is 46.0. The molecule has 19 heavy (non-hydrogen) atoms. The molecule has 1 aliphatic carbocycles. The molecule has 1 aliphatic rings. The zero-order valence-electron chi connectivity index (χ0n) is 14.1. The van der Waals surface area contributed by atoms with E-state index in [9.17, 15) is 0 Å². The van der Waals surface area contributed by atoms with E-state index >= 15 is 0 Å². The van der Waals surface area contributed by atoms with Crippen LogP contribution in [0.15, 0.2) is 30.9 Å². The number of hydrogen-bond acceptors (Lipinski definition) is 1. The summed E-state index contributed by atoms with van der Waals surface area (Å²) in [5.74, 6) is 0. The van der Waals surface area contributed by atoms with Crippen molar-refractivity contribution in [1.82, 2.24) is 5.32 Å². The molecule has 118 valence electrons. The zero-order chi connectivity index (χ0) is 9.78. The molecule has 0 heterocycles. The Balaban J connectivity index is -0.0000000238. The van der Waals surface area contributed by atoms with Crippen molar-refractivity contribution in [2.45, 2.75) is 26.2 Å². The molecule has 0 saturated carbocycles. The van der Waals surface area contributed by atoms with Crippen molar-refractivity contribution in [1.29, 1.82) is 0 Å². The van der Waals surface area contributed by atoms with Crippen molar-refractivity contribution in [2.75, 3.05) is 13.1 Å². The molecule has 1 rings (SSSR count). The average Bonchev–Trinajstić information content (AvgIpc) is 2.70.